The summed E-state index contributed by atoms with van der Waals surface area (Å²) in [5.74, 6) is 0. The summed E-state index contributed by atoms with van der Waals surface area (Å²) in [5, 5.41) is 28.8. The first kappa shape index (κ1) is 14.9. The van der Waals surface area contributed by atoms with Gasteiger partial charge >= 0.3 is 5.69 Å². The van der Waals surface area contributed by atoms with E-state index in [2.05, 4.69) is 0 Å². The fraction of sp³-hybridized carbons (Fsp3) is 0.636. The van der Waals surface area contributed by atoms with Crippen LogP contribution in [0.4, 0.5) is 0 Å². The molecule has 0 radical (unpaired) electrons. The van der Waals surface area contributed by atoms with Crippen LogP contribution in [0.3, 0.4) is 0 Å². The minimum absolute atomic E-state index is 0.575. The van der Waals surface area contributed by atoms with Crippen molar-refractivity contribution in [2.75, 3.05) is 20.3 Å². The van der Waals surface area contributed by atoms with Crippen molar-refractivity contribution in [3.8, 4) is 0 Å². The number of aliphatic hydroxyl groups excluding tert-OH is 3. The summed E-state index contributed by atoms with van der Waals surface area (Å²) in [5.41, 5.74) is -2.96. The number of ether oxygens (including phenoxy) is 2. The molecule has 1 saturated heterocycles. The number of H-pyrrole nitrogens is 1. The Bertz CT molecular complexity index is 577. The molecule has 3 atom stereocenters. The molecule has 1 aliphatic heterocycles. The first-order valence-corrected chi connectivity index (χ1v) is 5.91. The molecule has 4 N–H and O–H groups in total. The van der Waals surface area contributed by atoms with Gasteiger partial charge in [0.15, 0.2) is 6.23 Å². The Hall–Kier alpha value is -1.52. The first-order chi connectivity index (χ1) is 9.49. The zero-order valence-corrected chi connectivity index (χ0v) is 10.7. The number of rotatable bonds is 4. The van der Waals surface area contributed by atoms with E-state index in [0.717, 1.165) is 10.6 Å². The topological polar surface area (TPSA) is 134 Å². The number of hydrogen-bond acceptors (Lipinski definition) is 7. The fourth-order valence-corrected chi connectivity index (χ4v) is 2.23. The molecule has 0 aliphatic carbocycles. The van der Waals surface area contributed by atoms with Crippen LogP contribution in [0.1, 0.15) is 6.23 Å². The summed E-state index contributed by atoms with van der Waals surface area (Å²) < 4.78 is 11.5. The van der Waals surface area contributed by atoms with E-state index in [1.165, 1.54) is 13.3 Å². The highest BCUT2D eigenvalue weighted by Crippen LogP contribution is 2.37. The van der Waals surface area contributed by atoms with Crippen LogP contribution in [0.15, 0.2) is 21.9 Å². The number of aromatic nitrogens is 2. The van der Waals surface area contributed by atoms with Gasteiger partial charge in [-0.25, -0.2) is 4.79 Å². The van der Waals surface area contributed by atoms with Crippen molar-refractivity contribution in [3.05, 3.63) is 33.1 Å². The van der Waals surface area contributed by atoms with Crippen LogP contribution in [0, 0.1) is 0 Å². The number of aliphatic hydroxyl groups is 3. The maximum absolute atomic E-state index is 11.7. The fourth-order valence-electron chi connectivity index (χ4n) is 2.23. The average Bonchev–Trinajstić information content (AvgIpc) is 2.71. The maximum atomic E-state index is 11.7. The van der Waals surface area contributed by atoms with Crippen LogP contribution in [0.25, 0.3) is 0 Å². The predicted molar refractivity (Wildman–Crippen MR) is 65.2 cm³/mol. The standard InChI is InChI=1S/C11H16N2O7/c1-19-7-8(17)11(4-14,5-15)20-9(7)13-3-2-6(16)12-10(13)18/h2-3,7-9,14-15,17H,4-5H2,1H3,(H,12,16,18)/t7?,8-,9-/m1/s1. The van der Waals surface area contributed by atoms with Crippen molar-refractivity contribution >= 4 is 0 Å². The lowest BCUT2D eigenvalue weighted by molar-refractivity contribution is -0.150. The Morgan fingerprint density at radius 2 is 2.10 bits per heavy atom. The minimum Gasteiger partial charge on any atom is -0.393 e. The third-order valence-corrected chi connectivity index (χ3v) is 3.42. The molecule has 1 aliphatic rings. The van der Waals surface area contributed by atoms with Crippen molar-refractivity contribution < 1.29 is 24.8 Å². The van der Waals surface area contributed by atoms with Crippen molar-refractivity contribution in [1.29, 1.82) is 0 Å². The number of nitrogens with one attached hydrogen (secondary N) is 1. The second-order valence-corrected chi connectivity index (χ2v) is 4.55. The van der Waals surface area contributed by atoms with Gasteiger partial charge in [0.25, 0.3) is 5.56 Å². The molecule has 9 heteroatoms. The average molecular weight is 288 g/mol. The molecule has 20 heavy (non-hydrogen) atoms. The van der Waals surface area contributed by atoms with Gasteiger partial charge < -0.3 is 24.8 Å². The van der Waals surface area contributed by atoms with Gasteiger partial charge in [-0.3, -0.25) is 14.3 Å². The van der Waals surface area contributed by atoms with E-state index in [0.29, 0.717) is 0 Å². The third-order valence-electron chi connectivity index (χ3n) is 3.42. The van der Waals surface area contributed by atoms with Crippen LogP contribution < -0.4 is 11.2 Å². The van der Waals surface area contributed by atoms with Crippen LogP contribution in [-0.4, -0.2) is 63.0 Å². The Labute approximate surface area is 113 Å². The zero-order valence-electron chi connectivity index (χ0n) is 10.7. The summed E-state index contributed by atoms with van der Waals surface area (Å²) in [4.78, 5) is 24.8. The van der Waals surface area contributed by atoms with E-state index in [1.807, 2.05) is 4.98 Å². The van der Waals surface area contributed by atoms with Gasteiger partial charge in [-0.1, -0.05) is 0 Å². The first-order valence-electron chi connectivity index (χ1n) is 5.91. The second kappa shape index (κ2) is 5.46. The van der Waals surface area contributed by atoms with Crippen molar-refractivity contribution in [2.24, 2.45) is 0 Å². The molecule has 0 amide bonds. The molecule has 1 aromatic heterocycles. The highest BCUT2D eigenvalue weighted by molar-refractivity contribution is 5.02. The molecule has 2 heterocycles. The molecule has 1 aromatic rings. The number of aromatic amines is 1. The van der Waals surface area contributed by atoms with Gasteiger partial charge in [0.2, 0.25) is 0 Å². The van der Waals surface area contributed by atoms with E-state index >= 15 is 0 Å². The van der Waals surface area contributed by atoms with E-state index < -0.39 is 48.5 Å². The van der Waals surface area contributed by atoms with Gasteiger partial charge in [0, 0.05) is 19.4 Å². The summed E-state index contributed by atoms with van der Waals surface area (Å²) >= 11 is 0. The number of hydrogen-bond donors (Lipinski definition) is 4. The van der Waals surface area contributed by atoms with Gasteiger partial charge in [-0.05, 0) is 0 Å². The summed E-state index contributed by atoms with van der Waals surface area (Å²) in [6.07, 6.45) is -2.22. The molecule has 0 spiro atoms. The monoisotopic (exact) mass is 288 g/mol. The summed E-state index contributed by atoms with van der Waals surface area (Å²) in [6, 6.07) is 1.11. The lowest BCUT2D eigenvalue weighted by atomic mass is 9.97. The van der Waals surface area contributed by atoms with Crippen LogP contribution in [0.2, 0.25) is 0 Å². The van der Waals surface area contributed by atoms with E-state index in [1.54, 1.807) is 0 Å². The minimum atomic E-state index is -1.64. The van der Waals surface area contributed by atoms with Crippen molar-refractivity contribution in [2.45, 2.75) is 24.0 Å². The van der Waals surface area contributed by atoms with E-state index in [-0.39, 0.29) is 0 Å². The lowest BCUT2D eigenvalue weighted by Gasteiger charge is -2.27. The predicted octanol–water partition coefficient (Wildman–Crippen LogP) is -2.84. The molecule has 1 fully saturated rings. The van der Waals surface area contributed by atoms with Crippen LogP contribution in [-0.2, 0) is 9.47 Å². The normalized spacial score (nSPS) is 28.7. The molecule has 2 rings (SSSR count). The van der Waals surface area contributed by atoms with Crippen molar-refractivity contribution in [3.63, 3.8) is 0 Å². The second-order valence-electron chi connectivity index (χ2n) is 4.55. The molecule has 1 unspecified atom stereocenters. The maximum Gasteiger partial charge on any atom is 0.330 e. The highest BCUT2D eigenvalue weighted by atomic mass is 16.6. The van der Waals surface area contributed by atoms with E-state index in [4.69, 9.17) is 9.47 Å². The number of nitrogens with zero attached hydrogens (tertiary/aromatic N) is 1. The highest BCUT2D eigenvalue weighted by Gasteiger charge is 2.55. The molecule has 9 nitrogen and oxygen atoms in total. The van der Waals surface area contributed by atoms with Crippen LogP contribution in [0.5, 0.6) is 0 Å². The Morgan fingerprint density at radius 3 is 2.60 bits per heavy atom. The summed E-state index contributed by atoms with van der Waals surface area (Å²) in [6.45, 7) is -1.31. The Morgan fingerprint density at radius 1 is 1.45 bits per heavy atom. The number of methoxy groups -OCH3 is 1. The third kappa shape index (κ3) is 2.19. The van der Waals surface area contributed by atoms with Gasteiger partial charge in [-0.15, -0.1) is 0 Å². The van der Waals surface area contributed by atoms with Gasteiger partial charge in [-0.2, -0.15) is 0 Å². The lowest BCUT2D eigenvalue weighted by Crippen LogP contribution is -2.49. The molecule has 112 valence electrons. The van der Waals surface area contributed by atoms with Gasteiger partial charge in [0.1, 0.15) is 17.8 Å². The van der Waals surface area contributed by atoms with E-state index in [9.17, 15) is 24.9 Å². The van der Waals surface area contributed by atoms with Gasteiger partial charge in [0.05, 0.1) is 13.2 Å². The Balaban J connectivity index is 2.46. The summed E-state index contributed by atoms with van der Waals surface area (Å²) in [7, 11) is 1.30. The van der Waals surface area contributed by atoms with Crippen molar-refractivity contribution in [1.82, 2.24) is 9.55 Å². The Kier molecular flexibility index (Phi) is 4.06. The SMILES string of the molecule is COC1[C@H](n2ccc(=O)[nH]c2=O)OC(CO)(CO)[C@@H]1O. The zero-order chi connectivity index (χ0) is 14.9. The molecule has 0 bridgehead atoms. The molecular weight excluding hydrogens is 272 g/mol. The largest absolute Gasteiger partial charge is 0.393 e. The smallest absolute Gasteiger partial charge is 0.330 e. The molecule has 0 aromatic carbocycles. The molecule has 0 saturated carbocycles. The van der Waals surface area contributed by atoms with Crippen LogP contribution >= 0.6 is 0 Å². The molecular formula is C11H16N2O7. The quantitative estimate of drug-likeness (QED) is 0.469.